The second-order valence-corrected chi connectivity index (χ2v) is 6.58. The summed E-state index contributed by atoms with van der Waals surface area (Å²) in [6, 6.07) is 8.37. The Balaban J connectivity index is 1.98. The van der Waals surface area contributed by atoms with Gasteiger partial charge in [0, 0.05) is 18.3 Å². The van der Waals surface area contributed by atoms with E-state index >= 15 is 0 Å². The zero-order valence-corrected chi connectivity index (χ0v) is 13.0. The summed E-state index contributed by atoms with van der Waals surface area (Å²) in [4.78, 5) is 13.8. The second kappa shape index (κ2) is 6.96. The minimum absolute atomic E-state index is 0.216. The molecular weight excluding hydrogens is 274 g/mol. The summed E-state index contributed by atoms with van der Waals surface area (Å²) in [6.45, 7) is 2.84. The third-order valence-corrected chi connectivity index (χ3v) is 5.13. The second-order valence-electron chi connectivity index (χ2n) is 4.56. The fourth-order valence-corrected chi connectivity index (χ4v) is 3.69. The van der Waals surface area contributed by atoms with Gasteiger partial charge in [-0.2, -0.15) is 11.8 Å². The lowest BCUT2D eigenvalue weighted by Gasteiger charge is -2.16. The largest absolute Gasteiger partial charge is 0.341 e. The molecule has 2 nitrogen and oxygen atoms in total. The molecule has 4 heteroatoms. The molecule has 0 saturated heterocycles. The SMILES string of the molecule is CCCSCC(=O)N(C)Cc1csc2ccccc12. The van der Waals surface area contributed by atoms with Crippen LogP contribution in [0.5, 0.6) is 0 Å². The van der Waals surface area contributed by atoms with E-state index in [-0.39, 0.29) is 5.91 Å². The molecule has 19 heavy (non-hydrogen) atoms. The van der Waals surface area contributed by atoms with Gasteiger partial charge in [-0.15, -0.1) is 11.3 Å². The molecular formula is C15H19NOS2. The van der Waals surface area contributed by atoms with Gasteiger partial charge in [0.15, 0.2) is 0 Å². The molecule has 2 aromatic rings. The number of nitrogens with zero attached hydrogens (tertiary/aromatic N) is 1. The topological polar surface area (TPSA) is 20.3 Å². The van der Waals surface area contributed by atoms with Gasteiger partial charge < -0.3 is 4.90 Å². The van der Waals surface area contributed by atoms with Crippen molar-refractivity contribution in [2.45, 2.75) is 19.9 Å². The molecule has 0 spiro atoms. The lowest BCUT2D eigenvalue weighted by Crippen LogP contribution is -2.27. The van der Waals surface area contributed by atoms with Crippen molar-refractivity contribution < 1.29 is 4.79 Å². The van der Waals surface area contributed by atoms with Crippen molar-refractivity contribution in [2.75, 3.05) is 18.6 Å². The highest BCUT2D eigenvalue weighted by molar-refractivity contribution is 7.99. The van der Waals surface area contributed by atoms with E-state index in [1.54, 1.807) is 23.1 Å². The minimum atomic E-state index is 0.216. The molecule has 0 fully saturated rings. The van der Waals surface area contributed by atoms with Gasteiger partial charge >= 0.3 is 0 Å². The summed E-state index contributed by atoms with van der Waals surface area (Å²) in [5, 5.41) is 3.43. The lowest BCUT2D eigenvalue weighted by molar-refractivity contribution is -0.127. The van der Waals surface area contributed by atoms with Crippen LogP contribution in [-0.2, 0) is 11.3 Å². The first-order valence-electron chi connectivity index (χ1n) is 6.49. The quantitative estimate of drug-likeness (QED) is 0.750. The van der Waals surface area contributed by atoms with Crippen LogP contribution in [0.3, 0.4) is 0 Å². The van der Waals surface area contributed by atoms with Crippen LogP contribution in [0, 0.1) is 0 Å². The van der Waals surface area contributed by atoms with Gasteiger partial charge in [-0.1, -0.05) is 25.1 Å². The van der Waals surface area contributed by atoms with E-state index in [1.165, 1.54) is 15.6 Å². The van der Waals surface area contributed by atoms with E-state index in [2.05, 4.69) is 36.6 Å². The van der Waals surface area contributed by atoms with Crippen molar-refractivity contribution in [1.82, 2.24) is 4.90 Å². The van der Waals surface area contributed by atoms with Gasteiger partial charge in [0.1, 0.15) is 0 Å². The van der Waals surface area contributed by atoms with E-state index in [0.29, 0.717) is 12.3 Å². The maximum atomic E-state index is 12.0. The highest BCUT2D eigenvalue weighted by atomic mass is 32.2. The van der Waals surface area contributed by atoms with Gasteiger partial charge in [0.25, 0.3) is 0 Å². The standard InChI is InChI=1S/C15H19NOS2/c1-3-8-18-11-15(17)16(2)9-12-10-19-14-7-5-4-6-13(12)14/h4-7,10H,3,8-9,11H2,1-2H3. The number of rotatable bonds is 6. The molecule has 1 heterocycles. The average molecular weight is 293 g/mol. The fraction of sp³-hybridized carbons (Fsp3) is 0.400. The molecule has 0 aliphatic heterocycles. The lowest BCUT2D eigenvalue weighted by atomic mass is 10.2. The highest BCUT2D eigenvalue weighted by Crippen LogP contribution is 2.26. The van der Waals surface area contributed by atoms with Gasteiger partial charge in [-0.05, 0) is 34.6 Å². The Hall–Kier alpha value is -1.00. The Morgan fingerprint density at radius 2 is 2.16 bits per heavy atom. The van der Waals surface area contributed by atoms with Gasteiger partial charge in [0.05, 0.1) is 5.75 Å². The molecule has 1 aromatic carbocycles. The molecule has 0 bridgehead atoms. The summed E-state index contributed by atoms with van der Waals surface area (Å²) < 4.78 is 1.29. The molecule has 0 aliphatic rings. The molecule has 0 aliphatic carbocycles. The van der Waals surface area contributed by atoms with E-state index < -0.39 is 0 Å². The molecule has 2 rings (SSSR count). The van der Waals surface area contributed by atoms with Gasteiger partial charge in [-0.25, -0.2) is 0 Å². The zero-order chi connectivity index (χ0) is 13.7. The third kappa shape index (κ3) is 3.74. The van der Waals surface area contributed by atoms with Crippen LogP contribution >= 0.6 is 23.1 Å². The summed E-state index contributed by atoms with van der Waals surface area (Å²) >= 11 is 3.46. The van der Waals surface area contributed by atoms with E-state index in [0.717, 1.165) is 12.2 Å². The molecule has 102 valence electrons. The molecule has 0 radical (unpaired) electrons. The number of benzene rings is 1. The Morgan fingerprint density at radius 3 is 2.95 bits per heavy atom. The number of thioether (sulfide) groups is 1. The Morgan fingerprint density at radius 1 is 1.37 bits per heavy atom. The number of amides is 1. The van der Waals surface area contributed by atoms with Crippen molar-refractivity contribution in [3.05, 3.63) is 35.2 Å². The maximum Gasteiger partial charge on any atom is 0.232 e. The molecule has 0 saturated carbocycles. The minimum Gasteiger partial charge on any atom is -0.341 e. The van der Waals surface area contributed by atoms with Gasteiger partial charge in [-0.3, -0.25) is 4.79 Å². The van der Waals surface area contributed by atoms with Crippen LogP contribution in [0.2, 0.25) is 0 Å². The van der Waals surface area contributed by atoms with Crippen LogP contribution in [-0.4, -0.2) is 29.4 Å². The highest BCUT2D eigenvalue weighted by Gasteiger charge is 2.11. The Kier molecular flexibility index (Phi) is 5.28. The first-order chi connectivity index (χ1) is 9.22. The summed E-state index contributed by atoms with van der Waals surface area (Å²) in [5.74, 6) is 1.86. The van der Waals surface area contributed by atoms with E-state index in [1.807, 2.05) is 11.9 Å². The average Bonchev–Trinajstić information content (AvgIpc) is 2.82. The van der Waals surface area contributed by atoms with Crippen LogP contribution < -0.4 is 0 Å². The number of fused-ring (bicyclic) bond motifs is 1. The van der Waals surface area contributed by atoms with Crippen LogP contribution in [0.25, 0.3) is 10.1 Å². The fourth-order valence-electron chi connectivity index (χ4n) is 1.91. The molecule has 0 N–H and O–H groups in total. The van der Waals surface area contributed by atoms with Crippen LogP contribution in [0.4, 0.5) is 0 Å². The number of carbonyl (C=O) groups is 1. The number of thiophene rings is 1. The monoisotopic (exact) mass is 293 g/mol. The van der Waals surface area contributed by atoms with Crippen LogP contribution in [0.1, 0.15) is 18.9 Å². The normalized spacial score (nSPS) is 10.8. The van der Waals surface area contributed by atoms with Crippen molar-refractivity contribution in [3.63, 3.8) is 0 Å². The number of carbonyl (C=O) groups excluding carboxylic acids is 1. The molecule has 1 amide bonds. The molecule has 0 unspecified atom stereocenters. The third-order valence-electron chi connectivity index (χ3n) is 2.97. The zero-order valence-electron chi connectivity index (χ0n) is 11.4. The first-order valence-corrected chi connectivity index (χ1v) is 8.52. The van der Waals surface area contributed by atoms with Crippen molar-refractivity contribution in [3.8, 4) is 0 Å². The predicted molar refractivity (Wildman–Crippen MR) is 85.9 cm³/mol. The number of hydrogen-bond acceptors (Lipinski definition) is 3. The Labute approximate surface area is 122 Å². The Bertz CT molecular complexity index is 550. The number of hydrogen-bond donors (Lipinski definition) is 0. The van der Waals surface area contributed by atoms with E-state index in [9.17, 15) is 4.79 Å². The first kappa shape index (κ1) is 14.4. The predicted octanol–water partition coefficient (Wildman–Crippen LogP) is 4.00. The molecule has 0 atom stereocenters. The smallest absolute Gasteiger partial charge is 0.232 e. The van der Waals surface area contributed by atoms with Crippen molar-refractivity contribution >= 4 is 39.1 Å². The summed E-state index contributed by atoms with van der Waals surface area (Å²) in [7, 11) is 1.89. The maximum absolute atomic E-state index is 12.0. The summed E-state index contributed by atoms with van der Waals surface area (Å²) in [6.07, 6.45) is 1.12. The van der Waals surface area contributed by atoms with E-state index in [4.69, 9.17) is 0 Å². The van der Waals surface area contributed by atoms with Crippen LogP contribution in [0.15, 0.2) is 29.6 Å². The summed E-state index contributed by atoms with van der Waals surface area (Å²) in [5.41, 5.74) is 1.25. The van der Waals surface area contributed by atoms with Crippen molar-refractivity contribution in [2.24, 2.45) is 0 Å². The molecule has 1 aromatic heterocycles. The van der Waals surface area contributed by atoms with Crippen molar-refractivity contribution in [1.29, 1.82) is 0 Å². The van der Waals surface area contributed by atoms with Gasteiger partial charge in [0.2, 0.25) is 5.91 Å².